The number of rotatable bonds is 12. The second-order valence-corrected chi connectivity index (χ2v) is 12.3. The van der Waals surface area contributed by atoms with Gasteiger partial charge in [-0.1, -0.05) is 19.9 Å². The van der Waals surface area contributed by atoms with Crippen molar-refractivity contribution in [3.63, 3.8) is 0 Å². The van der Waals surface area contributed by atoms with Crippen LogP contribution in [-0.2, 0) is 9.53 Å². The summed E-state index contributed by atoms with van der Waals surface area (Å²) in [4.78, 5) is 44.3. The summed E-state index contributed by atoms with van der Waals surface area (Å²) in [6.07, 6.45) is 5.72. The van der Waals surface area contributed by atoms with Crippen molar-refractivity contribution in [3.05, 3.63) is 53.7 Å². The molecule has 2 saturated heterocycles. The molecular weight excluding hydrogens is 562 g/mol. The van der Waals surface area contributed by atoms with Crippen molar-refractivity contribution in [2.24, 2.45) is 0 Å². The van der Waals surface area contributed by atoms with Crippen LogP contribution in [0.15, 0.2) is 48.1 Å². The van der Waals surface area contributed by atoms with Crippen molar-refractivity contribution in [3.8, 4) is 21.8 Å². The van der Waals surface area contributed by atoms with Crippen LogP contribution in [0.5, 0.6) is 0 Å². The smallest absolute Gasteiger partial charge is 0.245 e. The van der Waals surface area contributed by atoms with Gasteiger partial charge < -0.3 is 19.4 Å². The lowest BCUT2D eigenvalue weighted by Crippen LogP contribution is -2.63. The van der Waals surface area contributed by atoms with E-state index < -0.39 is 0 Å². The maximum atomic E-state index is 13.7. The van der Waals surface area contributed by atoms with Crippen LogP contribution in [0.1, 0.15) is 50.4 Å². The average Bonchev–Trinajstić information content (AvgIpc) is 3.65. The molecule has 11 heteroatoms. The van der Waals surface area contributed by atoms with Gasteiger partial charge in [-0.2, -0.15) is 5.10 Å². The Morgan fingerprint density at radius 1 is 1.14 bits per heavy atom. The first-order chi connectivity index (χ1) is 20.9. The van der Waals surface area contributed by atoms with Crippen molar-refractivity contribution in [1.29, 1.82) is 0 Å². The Labute approximate surface area is 256 Å². The molecule has 0 N–H and O–H groups in total. The fourth-order valence-corrected chi connectivity index (χ4v) is 6.68. The monoisotopic (exact) mass is 601 g/mol. The van der Waals surface area contributed by atoms with E-state index in [4.69, 9.17) is 14.7 Å². The Morgan fingerprint density at radius 3 is 2.63 bits per heavy atom. The van der Waals surface area contributed by atoms with Crippen molar-refractivity contribution in [2.45, 2.75) is 58.2 Å². The molecular formula is C32H39N7O3S. The van der Waals surface area contributed by atoms with Gasteiger partial charge >= 0.3 is 0 Å². The number of methoxy groups -OCH3 is 1. The number of nitrogens with zero attached hydrogens (tertiary/aromatic N) is 7. The van der Waals surface area contributed by atoms with Crippen LogP contribution < -0.4 is 4.90 Å². The van der Waals surface area contributed by atoms with Gasteiger partial charge in [0.2, 0.25) is 5.91 Å². The zero-order valence-electron chi connectivity index (χ0n) is 25.3. The van der Waals surface area contributed by atoms with Gasteiger partial charge in [0.15, 0.2) is 11.4 Å². The zero-order chi connectivity index (χ0) is 30.1. The Kier molecular flexibility index (Phi) is 8.56. The topological polar surface area (TPSA) is 96.2 Å². The van der Waals surface area contributed by atoms with Crippen LogP contribution in [0.3, 0.4) is 0 Å². The van der Waals surface area contributed by atoms with E-state index >= 15 is 0 Å². The first-order valence-corrected chi connectivity index (χ1v) is 16.0. The number of carbonyl (C=O) groups excluding carboxylic acids is 2. The summed E-state index contributed by atoms with van der Waals surface area (Å²) >= 11 is 1.63. The molecule has 0 aliphatic carbocycles. The molecule has 1 amide bonds. The number of anilines is 1. The Hall–Kier alpha value is -3.67. The fraction of sp³-hybridized carbons (Fsp3) is 0.469. The molecule has 6 rings (SSSR count). The molecule has 2 atom stereocenters. The maximum Gasteiger partial charge on any atom is 0.245 e. The lowest BCUT2D eigenvalue weighted by atomic mass is 9.97. The largest absolute Gasteiger partial charge is 0.378 e. The third kappa shape index (κ3) is 5.81. The third-order valence-electron chi connectivity index (χ3n) is 8.87. The molecule has 6 heterocycles. The minimum atomic E-state index is -0.293. The highest BCUT2D eigenvalue weighted by atomic mass is 32.1. The number of hydrogen-bond acceptors (Lipinski definition) is 9. The summed E-state index contributed by atoms with van der Waals surface area (Å²) in [6.45, 7) is 10.3. The lowest BCUT2D eigenvalue weighted by molar-refractivity contribution is -0.145. The van der Waals surface area contributed by atoms with E-state index in [9.17, 15) is 9.59 Å². The summed E-state index contributed by atoms with van der Waals surface area (Å²) < 4.78 is 7.11. The molecule has 43 heavy (non-hydrogen) atoms. The number of fused-ring (bicyclic) bond motifs is 1. The molecule has 0 aromatic carbocycles. The second kappa shape index (κ2) is 12.5. The molecule has 0 saturated carbocycles. The summed E-state index contributed by atoms with van der Waals surface area (Å²) in [6, 6.07) is 9.74. The van der Waals surface area contributed by atoms with Crippen LogP contribution >= 0.6 is 11.3 Å². The van der Waals surface area contributed by atoms with E-state index in [2.05, 4.69) is 30.8 Å². The molecule has 4 aromatic heterocycles. The van der Waals surface area contributed by atoms with Crippen LogP contribution in [0.2, 0.25) is 0 Å². The molecule has 10 nitrogen and oxygen atoms in total. The predicted octanol–water partition coefficient (Wildman–Crippen LogP) is 4.65. The van der Waals surface area contributed by atoms with Gasteiger partial charge in [0.1, 0.15) is 11.9 Å². The van der Waals surface area contributed by atoms with E-state index in [0.29, 0.717) is 54.8 Å². The Bertz CT molecular complexity index is 1590. The quantitative estimate of drug-likeness (QED) is 0.217. The number of thiophene rings is 1. The SMILES string of the molecule is CCN(CC)[C@@H](C)CCC(=O)c1cc(-c2cnn3ccc(-c4cccs4)nc23)nc(N2CC[C@H]2C(=O)N2CC(OC)C2)c1. The van der Waals surface area contributed by atoms with Crippen molar-refractivity contribution >= 4 is 34.5 Å². The van der Waals surface area contributed by atoms with Gasteiger partial charge in [0.05, 0.1) is 34.1 Å². The Morgan fingerprint density at radius 2 is 1.95 bits per heavy atom. The second-order valence-electron chi connectivity index (χ2n) is 11.3. The zero-order valence-corrected chi connectivity index (χ0v) is 26.1. The van der Waals surface area contributed by atoms with E-state index in [1.165, 1.54) is 0 Å². The lowest BCUT2D eigenvalue weighted by Gasteiger charge is -2.47. The molecule has 0 bridgehead atoms. The fourth-order valence-electron chi connectivity index (χ4n) is 5.98. The number of carbonyl (C=O) groups is 2. The van der Waals surface area contributed by atoms with Gasteiger partial charge in [-0.25, -0.2) is 14.5 Å². The summed E-state index contributed by atoms with van der Waals surface area (Å²) in [5.74, 6) is 0.799. The van der Waals surface area contributed by atoms with E-state index in [0.717, 1.165) is 42.1 Å². The van der Waals surface area contributed by atoms with E-state index in [-0.39, 0.29) is 23.8 Å². The minimum Gasteiger partial charge on any atom is -0.378 e. The highest BCUT2D eigenvalue weighted by molar-refractivity contribution is 7.13. The number of likely N-dealkylation sites (tertiary alicyclic amines) is 1. The summed E-state index contributed by atoms with van der Waals surface area (Å²) in [7, 11) is 1.68. The number of amides is 1. The first-order valence-electron chi connectivity index (χ1n) is 15.2. The molecule has 2 fully saturated rings. The molecule has 4 aromatic rings. The first kappa shape index (κ1) is 29.4. The average molecular weight is 602 g/mol. The third-order valence-corrected chi connectivity index (χ3v) is 9.76. The van der Waals surface area contributed by atoms with Gasteiger partial charge in [0.25, 0.3) is 0 Å². The van der Waals surface area contributed by atoms with Crippen LogP contribution in [0.25, 0.3) is 27.5 Å². The van der Waals surface area contributed by atoms with Crippen LogP contribution in [0, 0.1) is 0 Å². The molecule has 0 unspecified atom stereocenters. The highest BCUT2D eigenvalue weighted by Gasteiger charge is 2.42. The molecule has 226 valence electrons. The summed E-state index contributed by atoms with van der Waals surface area (Å²) in [5, 5.41) is 6.57. The number of aromatic nitrogens is 4. The van der Waals surface area contributed by atoms with Gasteiger partial charge in [-0.15, -0.1) is 11.3 Å². The Balaban J connectivity index is 1.34. The van der Waals surface area contributed by atoms with Crippen LogP contribution in [-0.4, -0.2) is 99.1 Å². The number of Topliss-reactive ketones (excluding diaryl/α,β-unsaturated/α-hetero) is 1. The van der Waals surface area contributed by atoms with Crippen molar-refractivity contribution in [2.75, 3.05) is 44.7 Å². The molecule has 0 spiro atoms. The number of hydrogen-bond donors (Lipinski definition) is 0. The van der Waals surface area contributed by atoms with Gasteiger partial charge in [0, 0.05) is 51.0 Å². The van der Waals surface area contributed by atoms with Crippen molar-refractivity contribution in [1.82, 2.24) is 29.4 Å². The van der Waals surface area contributed by atoms with Crippen molar-refractivity contribution < 1.29 is 14.3 Å². The maximum absolute atomic E-state index is 13.7. The van der Waals surface area contributed by atoms with Gasteiger partial charge in [-0.3, -0.25) is 9.59 Å². The molecule has 0 radical (unpaired) electrons. The number of pyridine rings is 1. The minimum absolute atomic E-state index is 0.0710. The van der Waals surface area contributed by atoms with E-state index in [1.807, 2.05) is 51.7 Å². The number of ether oxygens (including phenoxy) is 1. The normalized spacial score (nSPS) is 17.7. The molecule has 2 aliphatic rings. The number of ketones is 1. The highest BCUT2D eigenvalue weighted by Crippen LogP contribution is 2.33. The summed E-state index contributed by atoms with van der Waals surface area (Å²) in [5.41, 5.74) is 3.51. The van der Waals surface area contributed by atoms with E-state index in [1.54, 1.807) is 29.2 Å². The van der Waals surface area contributed by atoms with Crippen LogP contribution in [0.4, 0.5) is 5.82 Å². The predicted molar refractivity (Wildman–Crippen MR) is 169 cm³/mol. The van der Waals surface area contributed by atoms with Gasteiger partial charge in [-0.05, 0) is 62.5 Å². The standard InChI is InChI=1S/C32H39N7O3S/c1-5-36(6-2)21(3)9-10-28(40)22-16-26(24-18-33-39-14-11-25(35-31(24)39)29-8-7-15-43-29)34-30(17-22)38-13-12-27(38)32(41)37-19-23(20-37)42-4/h7-8,11,14-18,21,23,27H,5-6,9-10,12-13,19-20H2,1-4H3/t21-,27-/m0/s1. The molecule has 2 aliphatic heterocycles.